The number of fused-ring (bicyclic) bond motifs is 1. The number of carboxylic acids is 1. The first-order valence-electron chi connectivity index (χ1n) is 6.99. The third-order valence-corrected chi connectivity index (χ3v) is 3.51. The van der Waals surface area contributed by atoms with Crippen molar-refractivity contribution >= 4 is 17.6 Å². The van der Waals surface area contributed by atoms with Crippen LogP contribution in [0.15, 0.2) is 18.2 Å². The zero-order valence-electron chi connectivity index (χ0n) is 11.7. The van der Waals surface area contributed by atoms with Crippen LogP contribution in [0.25, 0.3) is 0 Å². The number of carbonyl (C=O) groups excluding carboxylic acids is 1. The van der Waals surface area contributed by atoms with Gasteiger partial charge in [0.05, 0.1) is 12.1 Å². The van der Waals surface area contributed by atoms with Crippen LogP contribution in [-0.4, -0.2) is 36.6 Å². The van der Waals surface area contributed by atoms with Crippen molar-refractivity contribution < 1.29 is 14.7 Å². The molecule has 1 amide bonds. The summed E-state index contributed by atoms with van der Waals surface area (Å²) in [6, 6.07) is 5.11. The molecular weight excluding hydrogens is 256 g/mol. The number of amides is 1. The molecule has 0 bridgehead atoms. The highest BCUT2D eigenvalue weighted by atomic mass is 16.4. The topological polar surface area (TPSA) is 69.6 Å². The predicted molar refractivity (Wildman–Crippen MR) is 77.2 cm³/mol. The van der Waals surface area contributed by atoms with Crippen LogP contribution in [-0.2, 0) is 11.2 Å². The molecule has 0 radical (unpaired) electrons. The summed E-state index contributed by atoms with van der Waals surface area (Å²) in [5.41, 5.74) is 2.24. The van der Waals surface area contributed by atoms with Crippen LogP contribution in [0.1, 0.15) is 35.7 Å². The third-order valence-electron chi connectivity index (χ3n) is 3.51. The van der Waals surface area contributed by atoms with Crippen molar-refractivity contribution in [1.29, 1.82) is 0 Å². The first-order valence-corrected chi connectivity index (χ1v) is 6.99. The van der Waals surface area contributed by atoms with Crippen molar-refractivity contribution in [3.63, 3.8) is 0 Å². The summed E-state index contributed by atoms with van der Waals surface area (Å²) in [4.78, 5) is 24.8. The van der Waals surface area contributed by atoms with Gasteiger partial charge in [0.15, 0.2) is 0 Å². The van der Waals surface area contributed by atoms with Gasteiger partial charge in [0.25, 0.3) is 0 Å². The Morgan fingerprint density at radius 3 is 2.90 bits per heavy atom. The van der Waals surface area contributed by atoms with E-state index in [2.05, 4.69) is 12.2 Å². The van der Waals surface area contributed by atoms with Gasteiger partial charge in [0.1, 0.15) is 0 Å². The van der Waals surface area contributed by atoms with Crippen LogP contribution in [0.4, 0.5) is 5.69 Å². The number of hydrogen-bond acceptors (Lipinski definition) is 3. The maximum Gasteiger partial charge on any atom is 0.335 e. The van der Waals surface area contributed by atoms with Crippen molar-refractivity contribution in [2.45, 2.75) is 26.2 Å². The molecule has 0 saturated heterocycles. The van der Waals surface area contributed by atoms with Crippen molar-refractivity contribution in [3.05, 3.63) is 29.3 Å². The van der Waals surface area contributed by atoms with Crippen LogP contribution in [0.3, 0.4) is 0 Å². The van der Waals surface area contributed by atoms with Gasteiger partial charge in [-0.05, 0) is 30.5 Å². The molecule has 20 heavy (non-hydrogen) atoms. The van der Waals surface area contributed by atoms with Gasteiger partial charge >= 0.3 is 5.97 Å². The largest absolute Gasteiger partial charge is 0.478 e. The van der Waals surface area contributed by atoms with E-state index < -0.39 is 5.97 Å². The van der Waals surface area contributed by atoms with Gasteiger partial charge in [0.2, 0.25) is 5.91 Å². The van der Waals surface area contributed by atoms with Gasteiger partial charge in [-0.15, -0.1) is 0 Å². The highest BCUT2D eigenvalue weighted by molar-refractivity contribution is 5.90. The molecule has 1 heterocycles. The molecule has 1 aliphatic rings. The first kappa shape index (κ1) is 14.4. The van der Waals surface area contributed by atoms with Gasteiger partial charge < -0.3 is 15.3 Å². The van der Waals surface area contributed by atoms with Crippen molar-refractivity contribution in [2.75, 3.05) is 24.5 Å². The van der Waals surface area contributed by atoms with Gasteiger partial charge in [-0.2, -0.15) is 0 Å². The first-order chi connectivity index (χ1) is 9.61. The zero-order valence-corrected chi connectivity index (χ0v) is 11.7. The maximum absolute atomic E-state index is 11.8. The number of benzene rings is 1. The Bertz CT molecular complexity index is 514. The standard InChI is InChI=1S/C15H20N2O3/c1-2-3-7-16-14(18)10-17-8-6-11-4-5-12(15(19)20)9-13(11)17/h4-5,9H,2-3,6-8,10H2,1H3,(H,16,18)(H,19,20). The molecule has 0 fully saturated rings. The Kier molecular flexibility index (Phi) is 4.61. The summed E-state index contributed by atoms with van der Waals surface area (Å²) in [7, 11) is 0. The van der Waals surface area contributed by atoms with E-state index in [9.17, 15) is 9.59 Å². The number of carbonyl (C=O) groups is 2. The fourth-order valence-corrected chi connectivity index (χ4v) is 2.38. The lowest BCUT2D eigenvalue weighted by molar-refractivity contribution is -0.119. The van der Waals surface area contributed by atoms with Gasteiger partial charge in [0, 0.05) is 18.8 Å². The molecule has 1 aliphatic heterocycles. The lowest BCUT2D eigenvalue weighted by Gasteiger charge is -2.19. The monoisotopic (exact) mass is 276 g/mol. The quantitative estimate of drug-likeness (QED) is 0.775. The second-order valence-corrected chi connectivity index (χ2v) is 5.02. The Balaban J connectivity index is 2.01. The number of nitrogens with zero attached hydrogens (tertiary/aromatic N) is 1. The lowest BCUT2D eigenvalue weighted by Crippen LogP contribution is -2.36. The number of anilines is 1. The van der Waals surface area contributed by atoms with Crippen LogP contribution >= 0.6 is 0 Å². The summed E-state index contributed by atoms with van der Waals surface area (Å²) in [5, 5.41) is 11.9. The normalized spacial score (nSPS) is 13.2. The minimum absolute atomic E-state index is 0.00738. The second-order valence-electron chi connectivity index (χ2n) is 5.02. The number of aromatic carboxylic acids is 1. The van der Waals surface area contributed by atoms with E-state index in [-0.39, 0.29) is 11.5 Å². The van der Waals surface area contributed by atoms with E-state index in [1.807, 2.05) is 11.0 Å². The second kappa shape index (κ2) is 6.41. The number of carboxylic acid groups (broad SMARTS) is 1. The van der Waals surface area contributed by atoms with Crippen LogP contribution in [0, 0.1) is 0 Å². The highest BCUT2D eigenvalue weighted by Gasteiger charge is 2.22. The smallest absolute Gasteiger partial charge is 0.335 e. The molecule has 0 aliphatic carbocycles. The summed E-state index contributed by atoms with van der Waals surface area (Å²) < 4.78 is 0. The van der Waals surface area contributed by atoms with Gasteiger partial charge in [-0.1, -0.05) is 19.4 Å². The van der Waals surface area contributed by atoms with E-state index in [0.717, 1.165) is 37.1 Å². The molecule has 5 nitrogen and oxygen atoms in total. The molecule has 108 valence electrons. The number of unbranched alkanes of at least 4 members (excludes halogenated alkanes) is 1. The van der Waals surface area contributed by atoms with Crippen LogP contribution < -0.4 is 10.2 Å². The van der Waals surface area contributed by atoms with E-state index in [1.165, 1.54) is 0 Å². The van der Waals surface area contributed by atoms with E-state index in [4.69, 9.17) is 5.11 Å². The fraction of sp³-hybridized carbons (Fsp3) is 0.467. The Hall–Kier alpha value is -2.04. The molecule has 2 N–H and O–H groups in total. The minimum atomic E-state index is -0.938. The fourth-order valence-electron chi connectivity index (χ4n) is 2.38. The Morgan fingerprint density at radius 2 is 2.20 bits per heavy atom. The molecule has 2 rings (SSSR count). The van der Waals surface area contributed by atoms with E-state index >= 15 is 0 Å². The van der Waals surface area contributed by atoms with Crippen molar-refractivity contribution in [1.82, 2.24) is 5.32 Å². The Labute approximate surface area is 118 Å². The van der Waals surface area contributed by atoms with E-state index in [1.54, 1.807) is 12.1 Å². The summed E-state index contributed by atoms with van der Waals surface area (Å²) in [5.74, 6) is -0.945. The molecule has 5 heteroatoms. The maximum atomic E-state index is 11.8. The SMILES string of the molecule is CCCCNC(=O)CN1CCc2ccc(C(=O)O)cc21. The van der Waals surface area contributed by atoms with Crippen LogP contribution in [0.2, 0.25) is 0 Å². The number of rotatable bonds is 6. The van der Waals surface area contributed by atoms with Crippen molar-refractivity contribution in [3.8, 4) is 0 Å². The molecule has 1 aromatic carbocycles. The summed E-state index contributed by atoms with van der Waals surface area (Å²) >= 11 is 0. The Morgan fingerprint density at radius 1 is 1.40 bits per heavy atom. The summed E-state index contributed by atoms with van der Waals surface area (Å²) in [6.45, 7) is 3.83. The molecular formula is C15H20N2O3. The number of nitrogens with one attached hydrogen (secondary N) is 1. The van der Waals surface area contributed by atoms with Gasteiger partial charge in [-0.25, -0.2) is 4.79 Å². The average molecular weight is 276 g/mol. The predicted octanol–water partition coefficient (Wildman–Crippen LogP) is 1.66. The summed E-state index contributed by atoms with van der Waals surface area (Å²) in [6.07, 6.45) is 2.89. The number of hydrogen-bond donors (Lipinski definition) is 2. The molecule has 0 spiro atoms. The third kappa shape index (κ3) is 3.29. The minimum Gasteiger partial charge on any atom is -0.478 e. The molecule has 0 atom stereocenters. The van der Waals surface area contributed by atoms with E-state index in [0.29, 0.717) is 13.1 Å². The molecule has 0 saturated carbocycles. The molecule has 1 aromatic rings. The molecule has 0 aromatic heterocycles. The molecule has 0 unspecified atom stereocenters. The highest BCUT2D eigenvalue weighted by Crippen LogP contribution is 2.28. The average Bonchev–Trinajstić information content (AvgIpc) is 2.81. The van der Waals surface area contributed by atoms with Gasteiger partial charge in [-0.3, -0.25) is 4.79 Å². The van der Waals surface area contributed by atoms with Crippen molar-refractivity contribution in [2.24, 2.45) is 0 Å². The lowest BCUT2D eigenvalue weighted by atomic mass is 10.1. The zero-order chi connectivity index (χ0) is 14.5. The van der Waals surface area contributed by atoms with Crippen LogP contribution in [0.5, 0.6) is 0 Å².